The van der Waals surface area contributed by atoms with Crippen molar-refractivity contribution in [3.63, 3.8) is 0 Å². The maximum absolute atomic E-state index is 3.74. The Morgan fingerprint density at radius 1 is 0.824 bits per heavy atom. The molecule has 1 aliphatic carbocycles. The minimum absolute atomic E-state index is 0.697. The van der Waals surface area contributed by atoms with Gasteiger partial charge in [0.2, 0.25) is 0 Å². The van der Waals surface area contributed by atoms with Gasteiger partial charge in [0.15, 0.2) is 0 Å². The van der Waals surface area contributed by atoms with E-state index in [0.717, 1.165) is 0 Å². The van der Waals surface area contributed by atoms with Crippen LogP contribution in [0.3, 0.4) is 0 Å². The van der Waals surface area contributed by atoms with Gasteiger partial charge in [-0.2, -0.15) is 0 Å². The first-order valence-electron chi connectivity index (χ1n) is 7.89. The Morgan fingerprint density at radius 2 is 1.35 bits per heavy atom. The molecule has 0 aromatic heterocycles. The molecule has 1 heteroatoms. The summed E-state index contributed by atoms with van der Waals surface area (Å²) in [7, 11) is 0. The molecule has 1 saturated carbocycles. The average molecular weight is 303 g/mol. The number of halogens is 1. The third-order valence-corrected chi connectivity index (χ3v) is 5.70. The Kier molecular flexibility index (Phi) is 8.61. The summed E-state index contributed by atoms with van der Waals surface area (Å²) in [6, 6.07) is 0. The van der Waals surface area contributed by atoms with Crippen molar-refractivity contribution >= 4 is 15.9 Å². The van der Waals surface area contributed by atoms with Crippen LogP contribution in [0.15, 0.2) is 0 Å². The molecule has 0 unspecified atom stereocenters. The first kappa shape index (κ1) is 15.5. The van der Waals surface area contributed by atoms with Crippen LogP contribution < -0.4 is 0 Å². The maximum Gasteiger partial charge on any atom is 0.00879 e. The van der Waals surface area contributed by atoms with Gasteiger partial charge in [-0.1, -0.05) is 87.1 Å². The van der Waals surface area contributed by atoms with Crippen molar-refractivity contribution in [3.05, 3.63) is 0 Å². The second-order valence-electron chi connectivity index (χ2n) is 6.07. The molecule has 0 aliphatic heterocycles. The number of rotatable bonds is 10. The highest BCUT2D eigenvalue weighted by Gasteiger charge is 2.31. The molecule has 0 amide bonds. The van der Waals surface area contributed by atoms with Crippen molar-refractivity contribution in [2.45, 2.75) is 90.4 Å². The fourth-order valence-corrected chi connectivity index (χ4v) is 4.05. The molecular formula is C16H31Br. The van der Waals surface area contributed by atoms with Crippen molar-refractivity contribution in [1.82, 2.24) is 0 Å². The van der Waals surface area contributed by atoms with Crippen LogP contribution in [0.1, 0.15) is 90.4 Å². The topological polar surface area (TPSA) is 0 Å². The van der Waals surface area contributed by atoms with Crippen LogP contribution in [-0.4, -0.2) is 5.33 Å². The van der Waals surface area contributed by atoms with E-state index in [9.17, 15) is 0 Å². The molecule has 0 radical (unpaired) electrons. The van der Waals surface area contributed by atoms with E-state index in [1.807, 2.05) is 0 Å². The third kappa shape index (κ3) is 6.27. The summed E-state index contributed by atoms with van der Waals surface area (Å²) in [4.78, 5) is 0. The van der Waals surface area contributed by atoms with E-state index >= 15 is 0 Å². The molecular weight excluding hydrogens is 272 g/mol. The van der Waals surface area contributed by atoms with Gasteiger partial charge in [-0.25, -0.2) is 0 Å². The summed E-state index contributed by atoms with van der Waals surface area (Å²) in [5.74, 6) is 0. The Balaban J connectivity index is 1.92. The summed E-state index contributed by atoms with van der Waals surface area (Å²) < 4.78 is 0. The molecule has 1 fully saturated rings. The van der Waals surface area contributed by atoms with Crippen molar-refractivity contribution < 1.29 is 0 Å². The van der Waals surface area contributed by atoms with Gasteiger partial charge in [0.05, 0.1) is 0 Å². The lowest BCUT2D eigenvalue weighted by atomic mass is 9.83. The van der Waals surface area contributed by atoms with Crippen LogP contribution in [0.25, 0.3) is 0 Å². The molecule has 0 nitrogen and oxygen atoms in total. The molecule has 102 valence electrons. The second-order valence-corrected chi connectivity index (χ2v) is 6.63. The fourth-order valence-electron chi connectivity index (χ4n) is 3.21. The number of alkyl halides is 1. The molecule has 1 aliphatic rings. The fraction of sp³-hybridized carbons (Fsp3) is 1.00. The normalized spacial score (nSPS) is 18.7. The molecule has 0 bridgehead atoms. The van der Waals surface area contributed by atoms with Crippen molar-refractivity contribution in [1.29, 1.82) is 0 Å². The first-order chi connectivity index (χ1) is 8.33. The van der Waals surface area contributed by atoms with E-state index in [-0.39, 0.29) is 0 Å². The quantitative estimate of drug-likeness (QED) is 0.320. The summed E-state index contributed by atoms with van der Waals surface area (Å²) in [5, 5.41) is 1.25. The van der Waals surface area contributed by atoms with Gasteiger partial charge in [0.25, 0.3) is 0 Å². The molecule has 0 spiro atoms. The zero-order valence-electron chi connectivity index (χ0n) is 11.8. The Morgan fingerprint density at radius 3 is 1.88 bits per heavy atom. The summed E-state index contributed by atoms with van der Waals surface area (Å²) >= 11 is 3.74. The molecule has 0 aromatic rings. The standard InChI is InChI=1S/C16H31Br/c1-2-3-4-5-6-7-8-9-12-16(15-17)13-10-11-14-16/h2-15H2,1H3. The highest BCUT2D eigenvalue weighted by molar-refractivity contribution is 9.09. The maximum atomic E-state index is 3.74. The lowest BCUT2D eigenvalue weighted by molar-refractivity contribution is 0.304. The molecule has 0 saturated heterocycles. The van der Waals surface area contributed by atoms with Gasteiger partial charge in [-0.3, -0.25) is 0 Å². The minimum atomic E-state index is 0.697. The number of unbranched alkanes of at least 4 members (excludes halogenated alkanes) is 7. The number of hydrogen-bond acceptors (Lipinski definition) is 0. The Hall–Kier alpha value is 0.480. The van der Waals surface area contributed by atoms with Gasteiger partial charge < -0.3 is 0 Å². The molecule has 1 rings (SSSR count). The van der Waals surface area contributed by atoms with Crippen molar-refractivity contribution in [2.75, 3.05) is 5.33 Å². The zero-order chi connectivity index (χ0) is 12.4. The Bertz CT molecular complexity index is 170. The minimum Gasteiger partial charge on any atom is -0.0922 e. The zero-order valence-corrected chi connectivity index (χ0v) is 13.4. The van der Waals surface area contributed by atoms with E-state index in [2.05, 4.69) is 22.9 Å². The SMILES string of the molecule is CCCCCCCCCCC1(CBr)CCCC1. The highest BCUT2D eigenvalue weighted by atomic mass is 79.9. The molecule has 17 heavy (non-hydrogen) atoms. The van der Waals surface area contributed by atoms with Crippen molar-refractivity contribution in [3.8, 4) is 0 Å². The van der Waals surface area contributed by atoms with Crippen LogP contribution in [0.5, 0.6) is 0 Å². The highest BCUT2D eigenvalue weighted by Crippen LogP contribution is 2.43. The van der Waals surface area contributed by atoms with Crippen molar-refractivity contribution in [2.24, 2.45) is 5.41 Å². The van der Waals surface area contributed by atoms with E-state index in [1.54, 1.807) is 0 Å². The summed E-state index contributed by atoms with van der Waals surface area (Å²) in [6.07, 6.45) is 19.0. The van der Waals surface area contributed by atoms with Crippen LogP contribution in [-0.2, 0) is 0 Å². The van der Waals surface area contributed by atoms with Gasteiger partial charge in [-0.05, 0) is 24.7 Å². The lowest BCUT2D eigenvalue weighted by Gasteiger charge is -2.26. The predicted octanol–water partition coefficient (Wildman–Crippen LogP) is 6.47. The van der Waals surface area contributed by atoms with Gasteiger partial charge in [0, 0.05) is 5.33 Å². The van der Waals surface area contributed by atoms with Gasteiger partial charge >= 0.3 is 0 Å². The van der Waals surface area contributed by atoms with Crippen LogP contribution in [0.2, 0.25) is 0 Å². The van der Waals surface area contributed by atoms with E-state index < -0.39 is 0 Å². The van der Waals surface area contributed by atoms with Gasteiger partial charge in [0.1, 0.15) is 0 Å². The summed E-state index contributed by atoms with van der Waals surface area (Å²) in [6.45, 7) is 2.29. The smallest absolute Gasteiger partial charge is 0.00879 e. The first-order valence-corrected chi connectivity index (χ1v) is 9.01. The van der Waals surface area contributed by atoms with Crippen LogP contribution in [0.4, 0.5) is 0 Å². The monoisotopic (exact) mass is 302 g/mol. The van der Waals surface area contributed by atoms with E-state index in [4.69, 9.17) is 0 Å². The van der Waals surface area contributed by atoms with E-state index in [1.165, 1.54) is 88.8 Å². The molecule has 0 N–H and O–H groups in total. The third-order valence-electron chi connectivity index (χ3n) is 4.51. The molecule has 0 atom stereocenters. The van der Waals surface area contributed by atoms with Crippen LogP contribution in [0, 0.1) is 5.41 Å². The number of hydrogen-bond donors (Lipinski definition) is 0. The lowest BCUT2D eigenvalue weighted by Crippen LogP contribution is -2.17. The summed E-state index contributed by atoms with van der Waals surface area (Å²) in [5.41, 5.74) is 0.697. The molecule has 0 heterocycles. The Labute approximate surface area is 117 Å². The van der Waals surface area contributed by atoms with Crippen LogP contribution >= 0.6 is 15.9 Å². The average Bonchev–Trinajstić information content (AvgIpc) is 2.82. The largest absolute Gasteiger partial charge is 0.0922 e. The molecule has 0 aromatic carbocycles. The predicted molar refractivity (Wildman–Crippen MR) is 81.9 cm³/mol. The second kappa shape index (κ2) is 9.42. The van der Waals surface area contributed by atoms with Gasteiger partial charge in [-0.15, -0.1) is 0 Å². The van der Waals surface area contributed by atoms with E-state index in [0.29, 0.717) is 5.41 Å².